The second-order valence-corrected chi connectivity index (χ2v) is 5.62. The molecule has 3 nitrogen and oxygen atoms in total. The lowest BCUT2D eigenvalue weighted by molar-refractivity contribution is 0.00700. The maximum absolute atomic E-state index is 6.28. The van der Waals surface area contributed by atoms with Crippen molar-refractivity contribution < 1.29 is 9.47 Å². The Kier molecular flexibility index (Phi) is 5.49. The minimum atomic E-state index is 0.144. The zero-order valence-corrected chi connectivity index (χ0v) is 12.4. The summed E-state index contributed by atoms with van der Waals surface area (Å²) in [6, 6.07) is 6.24. The molecule has 1 fully saturated rings. The number of nitrogens with one attached hydrogen (secondary N) is 1. The van der Waals surface area contributed by atoms with E-state index in [4.69, 9.17) is 21.1 Å². The van der Waals surface area contributed by atoms with Crippen molar-refractivity contribution in [2.75, 3.05) is 13.2 Å². The quantitative estimate of drug-likeness (QED) is 0.898. The van der Waals surface area contributed by atoms with Gasteiger partial charge in [0.1, 0.15) is 11.9 Å². The fraction of sp³-hybridized carbons (Fsp3) is 0.600. The summed E-state index contributed by atoms with van der Waals surface area (Å²) < 4.78 is 11.5. The Morgan fingerprint density at radius 2 is 2.32 bits per heavy atom. The molecule has 19 heavy (non-hydrogen) atoms. The third-order valence-corrected chi connectivity index (χ3v) is 3.53. The van der Waals surface area contributed by atoms with E-state index in [9.17, 15) is 0 Å². The van der Waals surface area contributed by atoms with Crippen LogP contribution in [0.25, 0.3) is 0 Å². The molecule has 4 heteroatoms. The lowest BCUT2D eigenvalue weighted by Crippen LogP contribution is -2.29. The first kappa shape index (κ1) is 14.6. The van der Waals surface area contributed by atoms with Crippen LogP contribution in [0.4, 0.5) is 0 Å². The van der Waals surface area contributed by atoms with Crippen LogP contribution in [0.5, 0.6) is 5.75 Å². The SMILES string of the molecule is CC(C)NCc1c(Cl)cccc1OC1CCCOC1. The maximum Gasteiger partial charge on any atom is 0.125 e. The molecule has 1 unspecified atom stereocenters. The number of benzene rings is 1. The maximum atomic E-state index is 6.28. The number of halogens is 1. The Hall–Kier alpha value is -0.770. The number of hydrogen-bond acceptors (Lipinski definition) is 3. The van der Waals surface area contributed by atoms with Crippen molar-refractivity contribution in [3.63, 3.8) is 0 Å². The van der Waals surface area contributed by atoms with Crippen molar-refractivity contribution >= 4 is 11.6 Å². The first-order chi connectivity index (χ1) is 9.16. The van der Waals surface area contributed by atoms with Crippen LogP contribution < -0.4 is 10.1 Å². The van der Waals surface area contributed by atoms with Crippen LogP contribution in [0.2, 0.25) is 5.02 Å². The van der Waals surface area contributed by atoms with Crippen molar-refractivity contribution in [3.05, 3.63) is 28.8 Å². The van der Waals surface area contributed by atoms with Crippen LogP contribution >= 0.6 is 11.6 Å². The van der Waals surface area contributed by atoms with Crippen LogP contribution in [-0.2, 0) is 11.3 Å². The average Bonchev–Trinajstić information content (AvgIpc) is 2.39. The summed E-state index contributed by atoms with van der Waals surface area (Å²) in [4.78, 5) is 0. The molecule has 0 aliphatic carbocycles. The summed E-state index contributed by atoms with van der Waals surface area (Å²) in [5.74, 6) is 0.871. The third-order valence-electron chi connectivity index (χ3n) is 3.18. The molecular weight excluding hydrogens is 262 g/mol. The van der Waals surface area contributed by atoms with Crippen molar-refractivity contribution in [3.8, 4) is 5.75 Å². The molecular formula is C15H22ClNO2. The average molecular weight is 284 g/mol. The summed E-state index contributed by atoms with van der Waals surface area (Å²) >= 11 is 6.28. The fourth-order valence-electron chi connectivity index (χ4n) is 2.11. The monoisotopic (exact) mass is 283 g/mol. The molecule has 1 aliphatic heterocycles. The van der Waals surface area contributed by atoms with E-state index in [0.717, 1.165) is 42.3 Å². The summed E-state index contributed by atoms with van der Waals surface area (Å²) in [6.07, 6.45) is 2.25. The molecule has 1 aliphatic rings. The second-order valence-electron chi connectivity index (χ2n) is 5.21. The molecule has 0 amide bonds. The van der Waals surface area contributed by atoms with Crippen LogP contribution in [0, 0.1) is 0 Å². The summed E-state index contributed by atoms with van der Waals surface area (Å²) in [5.41, 5.74) is 1.03. The van der Waals surface area contributed by atoms with Crippen LogP contribution in [0.1, 0.15) is 32.3 Å². The van der Waals surface area contributed by atoms with Gasteiger partial charge in [-0.05, 0) is 25.0 Å². The van der Waals surface area contributed by atoms with Crippen LogP contribution in [-0.4, -0.2) is 25.4 Å². The highest BCUT2D eigenvalue weighted by atomic mass is 35.5. The molecule has 1 saturated heterocycles. The molecule has 1 aromatic rings. The normalized spacial score (nSPS) is 19.7. The van der Waals surface area contributed by atoms with E-state index in [2.05, 4.69) is 19.2 Å². The van der Waals surface area contributed by atoms with Gasteiger partial charge in [-0.25, -0.2) is 0 Å². The predicted octanol–water partition coefficient (Wildman–Crippen LogP) is 3.40. The van der Waals surface area contributed by atoms with Gasteiger partial charge >= 0.3 is 0 Å². The van der Waals surface area contributed by atoms with E-state index in [0.29, 0.717) is 12.6 Å². The Morgan fingerprint density at radius 1 is 1.47 bits per heavy atom. The van der Waals surface area contributed by atoms with Gasteiger partial charge in [0, 0.05) is 29.8 Å². The molecule has 0 radical (unpaired) electrons. The molecule has 106 valence electrons. The Morgan fingerprint density at radius 3 is 3.00 bits per heavy atom. The van der Waals surface area contributed by atoms with Gasteiger partial charge in [-0.15, -0.1) is 0 Å². The van der Waals surface area contributed by atoms with Gasteiger partial charge in [-0.3, -0.25) is 0 Å². The van der Waals surface area contributed by atoms with Crippen LogP contribution in [0.3, 0.4) is 0 Å². The summed E-state index contributed by atoms with van der Waals surface area (Å²) in [6.45, 7) is 6.47. The van der Waals surface area contributed by atoms with Crippen molar-refractivity contribution in [1.82, 2.24) is 5.32 Å². The lowest BCUT2D eigenvalue weighted by Gasteiger charge is -2.25. The molecule has 1 aromatic carbocycles. The third kappa shape index (κ3) is 4.37. The van der Waals surface area contributed by atoms with Gasteiger partial charge in [-0.2, -0.15) is 0 Å². The second kappa shape index (κ2) is 7.13. The smallest absolute Gasteiger partial charge is 0.125 e. The first-order valence-electron chi connectivity index (χ1n) is 6.92. The topological polar surface area (TPSA) is 30.5 Å². The Balaban J connectivity index is 2.07. The Bertz CT molecular complexity index is 403. The zero-order valence-electron chi connectivity index (χ0n) is 11.6. The van der Waals surface area contributed by atoms with Gasteiger partial charge in [0.05, 0.1) is 6.61 Å². The highest BCUT2D eigenvalue weighted by molar-refractivity contribution is 6.31. The number of rotatable bonds is 5. The fourth-order valence-corrected chi connectivity index (χ4v) is 2.34. The molecule has 0 aromatic heterocycles. The van der Waals surface area contributed by atoms with Gasteiger partial charge < -0.3 is 14.8 Å². The van der Waals surface area contributed by atoms with Gasteiger partial charge in [0.2, 0.25) is 0 Å². The lowest BCUT2D eigenvalue weighted by atomic mass is 10.1. The summed E-state index contributed by atoms with van der Waals surface area (Å²) in [7, 11) is 0. The minimum Gasteiger partial charge on any atom is -0.488 e. The minimum absolute atomic E-state index is 0.144. The number of hydrogen-bond donors (Lipinski definition) is 1. The van der Waals surface area contributed by atoms with Gasteiger partial charge in [0.25, 0.3) is 0 Å². The van der Waals surface area contributed by atoms with E-state index in [1.165, 1.54) is 0 Å². The highest BCUT2D eigenvalue weighted by Crippen LogP contribution is 2.28. The molecule has 2 rings (SSSR count). The number of ether oxygens (including phenoxy) is 2. The van der Waals surface area contributed by atoms with E-state index in [1.54, 1.807) is 0 Å². The molecule has 1 atom stereocenters. The van der Waals surface area contributed by atoms with Crippen molar-refractivity contribution in [2.24, 2.45) is 0 Å². The van der Waals surface area contributed by atoms with E-state index < -0.39 is 0 Å². The zero-order chi connectivity index (χ0) is 13.7. The largest absolute Gasteiger partial charge is 0.488 e. The van der Waals surface area contributed by atoms with E-state index >= 15 is 0 Å². The first-order valence-corrected chi connectivity index (χ1v) is 7.30. The van der Waals surface area contributed by atoms with E-state index in [1.807, 2.05) is 18.2 Å². The molecule has 0 bridgehead atoms. The molecule has 1 heterocycles. The summed E-state index contributed by atoms with van der Waals surface area (Å²) in [5, 5.41) is 4.14. The van der Waals surface area contributed by atoms with Gasteiger partial charge in [-0.1, -0.05) is 31.5 Å². The molecule has 0 spiro atoms. The van der Waals surface area contributed by atoms with Crippen molar-refractivity contribution in [2.45, 2.75) is 45.4 Å². The highest BCUT2D eigenvalue weighted by Gasteiger charge is 2.18. The Labute approximate surface area is 120 Å². The van der Waals surface area contributed by atoms with E-state index in [-0.39, 0.29) is 6.10 Å². The molecule has 0 saturated carbocycles. The molecule has 1 N–H and O–H groups in total. The standard InChI is InChI=1S/C15H22ClNO2/c1-11(2)17-9-13-14(16)6-3-7-15(13)19-12-5-4-8-18-10-12/h3,6-7,11-12,17H,4-5,8-10H2,1-2H3. The van der Waals surface area contributed by atoms with Crippen molar-refractivity contribution in [1.29, 1.82) is 0 Å². The van der Waals surface area contributed by atoms with Gasteiger partial charge in [0.15, 0.2) is 0 Å². The predicted molar refractivity (Wildman–Crippen MR) is 77.9 cm³/mol. The van der Waals surface area contributed by atoms with Crippen LogP contribution in [0.15, 0.2) is 18.2 Å².